The number of halogens is 1. The Morgan fingerprint density at radius 2 is 2.42 bits per heavy atom. The van der Waals surface area contributed by atoms with Gasteiger partial charge < -0.3 is 10.8 Å². The number of carboxylic acid groups (broad SMARTS) is 1. The Bertz CT molecular complexity index is 314. The number of carboxylic acids is 1. The van der Waals surface area contributed by atoms with Gasteiger partial charge in [0.2, 0.25) is 0 Å². The van der Waals surface area contributed by atoms with E-state index in [9.17, 15) is 4.79 Å². The number of aromatic carboxylic acids is 1. The summed E-state index contributed by atoms with van der Waals surface area (Å²) >= 11 is 3.08. The third kappa shape index (κ3) is 1.80. The van der Waals surface area contributed by atoms with Gasteiger partial charge in [-0.2, -0.15) is 0 Å². The number of aromatic nitrogens is 1. The molecule has 0 aliphatic rings. The molecular weight excluding hydrogens is 224 g/mol. The topological polar surface area (TPSA) is 76.2 Å². The maximum Gasteiger partial charge on any atom is 0.336 e. The molecule has 64 valence electrons. The monoisotopic (exact) mass is 230 g/mol. The highest BCUT2D eigenvalue weighted by Gasteiger charge is 2.08. The van der Waals surface area contributed by atoms with E-state index in [1.165, 1.54) is 12.3 Å². The normalized spacial score (nSPS) is 9.83. The Balaban J connectivity index is 3.17. The van der Waals surface area contributed by atoms with E-state index in [2.05, 4.69) is 20.9 Å². The molecule has 0 spiro atoms. The fraction of sp³-hybridized carbons (Fsp3) is 0.143. The summed E-state index contributed by atoms with van der Waals surface area (Å²) in [5.41, 5.74) is 6.05. The number of nitrogens with two attached hydrogens (primary N) is 1. The zero-order chi connectivity index (χ0) is 9.14. The lowest BCUT2D eigenvalue weighted by Crippen LogP contribution is -2.04. The van der Waals surface area contributed by atoms with E-state index in [-0.39, 0.29) is 12.1 Å². The minimum absolute atomic E-state index is 0.186. The van der Waals surface area contributed by atoms with Gasteiger partial charge in [-0.1, -0.05) is 0 Å². The first kappa shape index (κ1) is 9.15. The molecule has 4 nitrogen and oxygen atoms in total. The number of rotatable bonds is 2. The largest absolute Gasteiger partial charge is 0.478 e. The zero-order valence-corrected chi connectivity index (χ0v) is 7.71. The lowest BCUT2D eigenvalue weighted by molar-refractivity contribution is 0.0695. The zero-order valence-electron chi connectivity index (χ0n) is 6.12. The summed E-state index contributed by atoms with van der Waals surface area (Å²) < 4.78 is 0.465. The van der Waals surface area contributed by atoms with Crippen LogP contribution in [-0.2, 0) is 6.54 Å². The molecule has 0 saturated heterocycles. The fourth-order valence-corrected chi connectivity index (χ4v) is 1.14. The molecule has 0 aliphatic heterocycles. The van der Waals surface area contributed by atoms with Crippen molar-refractivity contribution in [3.05, 3.63) is 28.0 Å². The molecule has 5 heteroatoms. The maximum absolute atomic E-state index is 10.6. The highest BCUT2D eigenvalue weighted by molar-refractivity contribution is 9.10. The molecule has 1 heterocycles. The van der Waals surface area contributed by atoms with Crippen LogP contribution in [0.3, 0.4) is 0 Å². The summed E-state index contributed by atoms with van der Waals surface area (Å²) in [5, 5.41) is 8.69. The number of hydrogen-bond donors (Lipinski definition) is 2. The molecular formula is C7H7BrN2O2. The van der Waals surface area contributed by atoms with E-state index < -0.39 is 5.97 Å². The summed E-state index contributed by atoms with van der Waals surface area (Å²) in [6.07, 6.45) is 1.44. The maximum atomic E-state index is 10.6. The SMILES string of the molecule is NCc1cc(C(=O)O)c(Br)cn1. The molecule has 0 fully saturated rings. The molecule has 0 saturated carbocycles. The van der Waals surface area contributed by atoms with Crippen molar-refractivity contribution in [2.75, 3.05) is 0 Å². The Hall–Kier alpha value is -0.940. The Morgan fingerprint density at radius 3 is 2.92 bits per heavy atom. The van der Waals surface area contributed by atoms with Crippen LogP contribution >= 0.6 is 15.9 Å². The van der Waals surface area contributed by atoms with Crippen LogP contribution in [-0.4, -0.2) is 16.1 Å². The number of nitrogens with zero attached hydrogens (tertiary/aromatic N) is 1. The molecule has 0 aliphatic carbocycles. The molecule has 1 aromatic heterocycles. The molecule has 3 N–H and O–H groups in total. The molecule has 1 aromatic rings. The van der Waals surface area contributed by atoms with Crippen molar-refractivity contribution in [3.8, 4) is 0 Å². The van der Waals surface area contributed by atoms with Crippen LogP contribution in [0.4, 0.5) is 0 Å². The van der Waals surface area contributed by atoms with Crippen molar-refractivity contribution in [1.82, 2.24) is 4.98 Å². The fourth-order valence-electron chi connectivity index (χ4n) is 0.757. The second-order valence-corrected chi connectivity index (χ2v) is 3.02. The summed E-state index contributed by atoms with van der Waals surface area (Å²) in [6.45, 7) is 0.244. The summed E-state index contributed by atoms with van der Waals surface area (Å²) in [7, 11) is 0. The van der Waals surface area contributed by atoms with Gasteiger partial charge in [-0.05, 0) is 22.0 Å². The Kier molecular flexibility index (Phi) is 2.78. The minimum Gasteiger partial charge on any atom is -0.478 e. The van der Waals surface area contributed by atoms with Crippen LogP contribution in [0.25, 0.3) is 0 Å². The summed E-state index contributed by atoms with van der Waals surface area (Å²) in [6, 6.07) is 1.45. The van der Waals surface area contributed by atoms with Crippen molar-refractivity contribution in [2.45, 2.75) is 6.54 Å². The van der Waals surface area contributed by atoms with Gasteiger partial charge in [0.15, 0.2) is 0 Å². The van der Waals surface area contributed by atoms with Crippen LogP contribution in [0, 0.1) is 0 Å². The van der Waals surface area contributed by atoms with Crippen LogP contribution in [0.15, 0.2) is 16.7 Å². The molecule has 0 aromatic carbocycles. The van der Waals surface area contributed by atoms with Gasteiger partial charge in [0.1, 0.15) is 0 Å². The van der Waals surface area contributed by atoms with Gasteiger partial charge in [-0.25, -0.2) is 4.79 Å². The standard InChI is InChI=1S/C7H7BrN2O2/c8-6-3-10-4(2-9)1-5(6)7(11)12/h1,3H,2,9H2,(H,11,12). The highest BCUT2D eigenvalue weighted by atomic mass is 79.9. The second kappa shape index (κ2) is 3.64. The van der Waals surface area contributed by atoms with E-state index in [1.807, 2.05) is 0 Å². The van der Waals surface area contributed by atoms with Crippen LogP contribution in [0.1, 0.15) is 16.1 Å². The predicted molar refractivity (Wildman–Crippen MR) is 46.8 cm³/mol. The average Bonchev–Trinajstić information content (AvgIpc) is 2.05. The van der Waals surface area contributed by atoms with Gasteiger partial charge >= 0.3 is 5.97 Å². The van der Waals surface area contributed by atoms with Gasteiger partial charge in [0, 0.05) is 12.7 Å². The van der Waals surface area contributed by atoms with Crippen molar-refractivity contribution < 1.29 is 9.90 Å². The van der Waals surface area contributed by atoms with Gasteiger partial charge in [0.25, 0.3) is 0 Å². The number of carbonyl (C=O) groups is 1. The molecule has 0 unspecified atom stereocenters. The molecule has 0 atom stereocenters. The Morgan fingerprint density at radius 1 is 1.75 bits per heavy atom. The first-order valence-corrected chi connectivity index (χ1v) is 4.02. The van der Waals surface area contributed by atoms with Gasteiger partial charge in [-0.15, -0.1) is 0 Å². The molecule has 0 amide bonds. The van der Waals surface area contributed by atoms with E-state index in [4.69, 9.17) is 10.8 Å². The van der Waals surface area contributed by atoms with Crippen molar-refractivity contribution >= 4 is 21.9 Å². The van der Waals surface area contributed by atoms with E-state index in [1.54, 1.807) is 0 Å². The van der Waals surface area contributed by atoms with E-state index >= 15 is 0 Å². The highest BCUT2D eigenvalue weighted by Crippen LogP contribution is 2.15. The first-order chi connectivity index (χ1) is 5.65. The van der Waals surface area contributed by atoms with Crippen molar-refractivity contribution in [2.24, 2.45) is 5.73 Å². The van der Waals surface area contributed by atoms with Crippen molar-refractivity contribution in [3.63, 3.8) is 0 Å². The van der Waals surface area contributed by atoms with E-state index in [0.29, 0.717) is 10.2 Å². The second-order valence-electron chi connectivity index (χ2n) is 2.16. The molecule has 0 radical (unpaired) electrons. The smallest absolute Gasteiger partial charge is 0.336 e. The van der Waals surface area contributed by atoms with Crippen molar-refractivity contribution in [1.29, 1.82) is 0 Å². The number of pyridine rings is 1. The first-order valence-electron chi connectivity index (χ1n) is 3.23. The third-order valence-corrected chi connectivity index (χ3v) is 1.98. The third-order valence-electron chi connectivity index (χ3n) is 1.35. The summed E-state index contributed by atoms with van der Waals surface area (Å²) in [4.78, 5) is 14.5. The van der Waals surface area contributed by atoms with Crippen LogP contribution in [0.5, 0.6) is 0 Å². The van der Waals surface area contributed by atoms with E-state index in [0.717, 1.165) is 0 Å². The lowest BCUT2D eigenvalue weighted by atomic mass is 10.2. The van der Waals surface area contributed by atoms with Crippen LogP contribution in [0.2, 0.25) is 0 Å². The lowest BCUT2D eigenvalue weighted by Gasteiger charge is -2.00. The Labute approximate surface area is 77.5 Å². The number of hydrogen-bond acceptors (Lipinski definition) is 3. The minimum atomic E-state index is -0.987. The molecule has 12 heavy (non-hydrogen) atoms. The average molecular weight is 231 g/mol. The molecule has 1 rings (SSSR count). The van der Waals surface area contributed by atoms with Gasteiger partial charge in [-0.3, -0.25) is 4.98 Å². The predicted octanol–water partition coefficient (Wildman–Crippen LogP) is 1.00. The van der Waals surface area contributed by atoms with Gasteiger partial charge in [0.05, 0.1) is 15.7 Å². The summed E-state index contributed by atoms with van der Waals surface area (Å²) in [5.74, 6) is -0.987. The quantitative estimate of drug-likeness (QED) is 0.795. The molecule has 0 bridgehead atoms. The van der Waals surface area contributed by atoms with Crippen LogP contribution < -0.4 is 5.73 Å².